The van der Waals surface area contributed by atoms with Crippen molar-refractivity contribution in [2.24, 2.45) is 0 Å². The van der Waals surface area contributed by atoms with Gasteiger partial charge in [0.2, 0.25) is 5.91 Å². The number of nitrogens with zero attached hydrogens (tertiary/aromatic N) is 3. The van der Waals surface area contributed by atoms with Crippen LogP contribution in [0.3, 0.4) is 0 Å². The SMILES string of the molecule is CC(=O)N1CCN(C(=O)c2c(-c3cccs3)noc2[C@H](C)O)CC1. The summed E-state index contributed by atoms with van der Waals surface area (Å²) in [6.07, 6.45) is -0.927. The number of aliphatic hydroxyl groups excluding tert-OH is 1. The highest BCUT2D eigenvalue weighted by molar-refractivity contribution is 7.13. The number of rotatable bonds is 3. The molecule has 0 aliphatic carbocycles. The number of aliphatic hydroxyl groups is 1. The fourth-order valence-corrected chi connectivity index (χ4v) is 3.47. The molecule has 3 rings (SSSR count). The van der Waals surface area contributed by atoms with Crippen LogP contribution in [0.25, 0.3) is 10.6 Å². The standard InChI is InChI=1S/C16H19N3O4S/c1-10(20)15-13(14(17-23-15)12-4-3-9-24-12)16(22)19-7-5-18(6-8-19)11(2)21/h3-4,9-10,20H,5-8H2,1-2H3/t10-/m0/s1. The van der Waals surface area contributed by atoms with Gasteiger partial charge < -0.3 is 19.4 Å². The molecule has 7 nitrogen and oxygen atoms in total. The predicted octanol–water partition coefficient (Wildman–Crippen LogP) is 1.76. The summed E-state index contributed by atoms with van der Waals surface area (Å²) in [6, 6.07) is 3.73. The van der Waals surface area contributed by atoms with Crippen LogP contribution in [0.15, 0.2) is 22.0 Å². The van der Waals surface area contributed by atoms with Crippen LogP contribution < -0.4 is 0 Å². The lowest BCUT2D eigenvalue weighted by Crippen LogP contribution is -2.50. The van der Waals surface area contributed by atoms with Gasteiger partial charge in [0, 0.05) is 33.1 Å². The van der Waals surface area contributed by atoms with E-state index >= 15 is 0 Å². The lowest BCUT2D eigenvalue weighted by Gasteiger charge is -2.34. The minimum Gasteiger partial charge on any atom is -0.385 e. The van der Waals surface area contributed by atoms with Crippen LogP contribution in [0.4, 0.5) is 0 Å². The molecule has 0 bridgehead atoms. The topological polar surface area (TPSA) is 86.9 Å². The Morgan fingerprint density at radius 2 is 1.96 bits per heavy atom. The molecule has 1 atom stereocenters. The second kappa shape index (κ2) is 6.74. The molecule has 2 amide bonds. The van der Waals surface area contributed by atoms with Gasteiger partial charge in [-0.2, -0.15) is 0 Å². The summed E-state index contributed by atoms with van der Waals surface area (Å²) in [6.45, 7) is 4.98. The fourth-order valence-electron chi connectivity index (χ4n) is 2.76. The highest BCUT2D eigenvalue weighted by Crippen LogP contribution is 2.32. The van der Waals surface area contributed by atoms with Gasteiger partial charge in [-0.1, -0.05) is 11.2 Å². The summed E-state index contributed by atoms with van der Waals surface area (Å²) in [5.41, 5.74) is 0.767. The third kappa shape index (κ3) is 3.07. The average molecular weight is 349 g/mol. The predicted molar refractivity (Wildman–Crippen MR) is 88.6 cm³/mol. The third-order valence-electron chi connectivity index (χ3n) is 4.08. The van der Waals surface area contributed by atoms with Gasteiger partial charge in [0.05, 0.1) is 4.88 Å². The van der Waals surface area contributed by atoms with E-state index in [0.717, 1.165) is 4.88 Å². The molecule has 1 N–H and O–H groups in total. The zero-order valence-electron chi connectivity index (χ0n) is 13.6. The Labute approximate surface area is 143 Å². The molecule has 1 aliphatic heterocycles. The first-order valence-electron chi connectivity index (χ1n) is 7.75. The van der Waals surface area contributed by atoms with Gasteiger partial charge in [0.25, 0.3) is 5.91 Å². The van der Waals surface area contributed by atoms with Crippen LogP contribution in [0.2, 0.25) is 0 Å². The lowest BCUT2D eigenvalue weighted by molar-refractivity contribution is -0.130. The van der Waals surface area contributed by atoms with Gasteiger partial charge in [0.1, 0.15) is 17.4 Å². The molecule has 2 aromatic heterocycles. The Bertz CT molecular complexity index is 731. The highest BCUT2D eigenvalue weighted by atomic mass is 32.1. The van der Waals surface area contributed by atoms with Crippen LogP contribution in [0.5, 0.6) is 0 Å². The molecule has 1 aliphatic rings. The van der Waals surface area contributed by atoms with Crippen LogP contribution >= 0.6 is 11.3 Å². The first-order valence-corrected chi connectivity index (χ1v) is 8.63. The van der Waals surface area contributed by atoms with Crippen molar-refractivity contribution < 1.29 is 19.2 Å². The molecule has 24 heavy (non-hydrogen) atoms. The monoisotopic (exact) mass is 349 g/mol. The second-order valence-corrected chi connectivity index (χ2v) is 6.67. The van der Waals surface area contributed by atoms with E-state index in [1.807, 2.05) is 17.5 Å². The second-order valence-electron chi connectivity index (χ2n) is 5.72. The molecular formula is C16H19N3O4S. The Morgan fingerprint density at radius 3 is 2.50 bits per heavy atom. The molecule has 1 saturated heterocycles. The number of amides is 2. The molecule has 1 fully saturated rings. The Kier molecular flexibility index (Phi) is 4.68. The van der Waals surface area contributed by atoms with Crippen molar-refractivity contribution in [1.29, 1.82) is 0 Å². The zero-order valence-corrected chi connectivity index (χ0v) is 14.4. The third-order valence-corrected chi connectivity index (χ3v) is 4.96. The molecule has 3 heterocycles. The summed E-state index contributed by atoms with van der Waals surface area (Å²) < 4.78 is 5.25. The van der Waals surface area contributed by atoms with Gasteiger partial charge in [-0.15, -0.1) is 11.3 Å². The molecule has 0 aromatic carbocycles. The van der Waals surface area contributed by atoms with E-state index < -0.39 is 6.10 Å². The number of thiophene rings is 1. The van der Waals surface area contributed by atoms with Gasteiger partial charge >= 0.3 is 0 Å². The van der Waals surface area contributed by atoms with E-state index in [0.29, 0.717) is 37.4 Å². The van der Waals surface area contributed by atoms with Crippen LogP contribution in [0, 0.1) is 0 Å². The van der Waals surface area contributed by atoms with E-state index in [1.165, 1.54) is 18.3 Å². The summed E-state index contributed by atoms with van der Waals surface area (Å²) >= 11 is 1.46. The average Bonchev–Trinajstić information content (AvgIpc) is 3.23. The van der Waals surface area contributed by atoms with Crippen molar-refractivity contribution in [3.8, 4) is 10.6 Å². The van der Waals surface area contributed by atoms with Crippen LogP contribution in [-0.2, 0) is 4.79 Å². The number of hydrogen-bond acceptors (Lipinski definition) is 6. The van der Waals surface area contributed by atoms with Crippen molar-refractivity contribution in [2.45, 2.75) is 20.0 Å². The minimum absolute atomic E-state index is 0.0102. The van der Waals surface area contributed by atoms with Crippen LogP contribution in [-0.4, -0.2) is 58.1 Å². The Morgan fingerprint density at radius 1 is 1.29 bits per heavy atom. The first-order chi connectivity index (χ1) is 11.5. The summed E-state index contributed by atoms with van der Waals surface area (Å²) in [5.74, 6) is -0.0350. The van der Waals surface area contributed by atoms with Gasteiger partial charge in [0.15, 0.2) is 5.76 Å². The van der Waals surface area contributed by atoms with Crippen molar-refractivity contribution in [1.82, 2.24) is 15.0 Å². The summed E-state index contributed by atoms with van der Waals surface area (Å²) in [5, 5.41) is 15.8. The maximum absolute atomic E-state index is 13.0. The largest absolute Gasteiger partial charge is 0.385 e. The highest BCUT2D eigenvalue weighted by Gasteiger charge is 2.32. The molecule has 0 unspecified atom stereocenters. The molecule has 2 aromatic rings. The molecule has 128 valence electrons. The Balaban J connectivity index is 1.89. The fraction of sp³-hybridized carbons (Fsp3) is 0.438. The minimum atomic E-state index is -0.927. The number of carbonyl (C=O) groups is 2. The van der Waals surface area contributed by atoms with Crippen LogP contribution in [0.1, 0.15) is 36.1 Å². The molecule has 0 spiro atoms. The van der Waals surface area contributed by atoms with E-state index in [2.05, 4.69) is 5.16 Å². The quantitative estimate of drug-likeness (QED) is 0.912. The molecular weight excluding hydrogens is 330 g/mol. The van der Waals surface area contributed by atoms with E-state index in [-0.39, 0.29) is 17.6 Å². The number of carbonyl (C=O) groups excluding carboxylic acids is 2. The summed E-state index contributed by atoms with van der Waals surface area (Å²) in [7, 11) is 0. The smallest absolute Gasteiger partial charge is 0.260 e. The van der Waals surface area contributed by atoms with E-state index in [4.69, 9.17) is 4.52 Å². The maximum Gasteiger partial charge on any atom is 0.260 e. The molecule has 8 heteroatoms. The molecule has 0 radical (unpaired) electrons. The lowest BCUT2D eigenvalue weighted by atomic mass is 10.1. The number of piperazine rings is 1. The van der Waals surface area contributed by atoms with Crippen molar-refractivity contribution in [3.63, 3.8) is 0 Å². The van der Waals surface area contributed by atoms with Gasteiger partial charge in [-0.3, -0.25) is 9.59 Å². The maximum atomic E-state index is 13.0. The normalized spacial score (nSPS) is 16.3. The van der Waals surface area contributed by atoms with Crippen molar-refractivity contribution in [2.75, 3.05) is 26.2 Å². The van der Waals surface area contributed by atoms with E-state index in [9.17, 15) is 14.7 Å². The molecule has 0 saturated carbocycles. The van der Waals surface area contributed by atoms with Crippen molar-refractivity contribution in [3.05, 3.63) is 28.8 Å². The van der Waals surface area contributed by atoms with E-state index in [1.54, 1.807) is 16.7 Å². The van der Waals surface area contributed by atoms with Gasteiger partial charge in [-0.05, 0) is 18.4 Å². The number of hydrogen-bond donors (Lipinski definition) is 1. The Hall–Kier alpha value is -2.19. The zero-order chi connectivity index (χ0) is 17.3. The summed E-state index contributed by atoms with van der Waals surface area (Å²) in [4.78, 5) is 28.6. The van der Waals surface area contributed by atoms with Gasteiger partial charge in [-0.25, -0.2) is 0 Å². The first kappa shape index (κ1) is 16.7. The van der Waals surface area contributed by atoms with Crippen molar-refractivity contribution >= 4 is 23.2 Å². The number of aromatic nitrogens is 1.